The fourth-order valence-electron chi connectivity index (χ4n) is 1.68. The molecule has 0 radical (unpaired) electrons. The van der Waals surface area contributed by atoms with E-state index in [2.05, 4.69) is 42.6 Å². The van der Waals surface area contributed by atoms with Gasteiger partial charge in [-0.05, 0) is 31.3 Å². The average molecular weight is 388 g/mol. The Morgan fingerprint density at radius 1 is 0.571 bits per heavy atom. The summed E-state index contributed by atoms with van der Waals surface area (Å²) in [4.78, 5) is 0. The van der Waals surface area contributed by atoms with Crippen LogP contribution in [0, 0.1) is 0 Å². The Morgan fingerprint density at radius 2 is 0.905 bits per heavy atom. The van der Waals surface area contributed by atoms with Gasteiger partial charge >= 0.3 is 35.2 Å². The van der Waals surface area contributed by atoms with Gasteiger partial charge in [-0.1, -0.05) is 0 Å². The van der Waals surface area contributed by atoms with E-state index in [1.165, 1.54) is 69.8 Å². The molecule has 0 aliphatic carbocycles. The van der Waals surface area contributed by atoms with Gasteiger partial charge in [0, 0.05) is 16.7 Å². The third-order valence-electron chi connectivity index (χ3n) is 2.52. The van der Waals surface area contributed by atoms with Crippen molar-refractivity contribution >= 4 is 69.8 Å². The topological polar surface area (TPSA) is 77.3 Å². The molecule has 0 fully saturated rings. The molecule has 0 saturated carbocycles. The molecule has 0 amide bonds. The lowest BCUT2D eigenvalue weighted by Crippen LogP contribution is -1.84. The summed E-state index contributed by atoms with van der Waals surface area (Å²) in [5, 5.41) is 2.68. The first-order valence-electron chi connectivity index (χ1n) is 5.41. The lowest BCUT2D eigenvalue weighted by Gasteiger charge is -1.98. The second-order valence-electron chi connectivity index (χ2n) is 3.73. The Labute approximate surface area is 143 Å². The van der Waals surface area contributed by atoms with Crippen LogP contribution in [-0.4, -0.2) is 24.4 Å². The van der Waals surface area contributed by atoms with Gasteiger partial charge in [0.25, 0.3) is 15.0 Å². The monoisotopic (exact) mass is 387 g/mol. The molecule has 3 heterocycles. The summed E-state index contributed by atoms with van der Waals surface area (Å²) < 4.78 is 25.3. The zero-order valence-corrected chi connectivity index (χ0v) is 14.8. The average Bonchev–Trinajstić information content (AvgIpc) is 3.29. The maximum absolute atomic E-state index is 4.32. The number of aromatic nitrogens is 6. The summed E-state index contributed by atoms with van der Waals surface area (Å²) in [5.41, 5.74) is 3.05. The van der Waals surface area contributed by atoms with Crippen LogP contribution < -0.4 is 0 Å². The summed E-state index contributed by atoms with van der Waals surface area (Å²) in [6, 6.07) is 6.19. The predicted octanol–water partition coefficient (Wildman–Crippen LogP) is 4.27. The number of rotatable bonds is 3. The Bertz CT molecular complexity index is 716. The van der Waals surface area contributed by atoms with Crippen molar-refractivity contribution in [2.24, 2.45) is 0 Å². The summed E-state index contributed by atoms with van der Waals surface area (Å²) in [6.07, 6.45) is 0. The van der Waals surface area contributed by atoms with Crippen molar-refractivity contribution in [3.05, 3.63) is 18.2 Å². The summed E-state index contributed by atoms with van der Waals surface area (Å²) in [7, 11) is 0. The highest BCUT2D eigenvalue weighted by molar-refractivity contribution is 7.20. The second-order valence-corrected chi connectivity index (χ2v) is 8.27. The van der Waals surface area contributed by atoms with E-state index in [1.807, 2.05) is 0 Å². The first-order chi connectivity index (χ1) is 10.4. The van der Waals surface area contributed by atoms with Crippen LogP contribution in [0.1, 0.15) is 0 Å². The van der Waals surface area contributed by atoms with E-state index in [-0.39, 0.29) is 0 Å². The Morgan fingerprint density at radius 3 is 1.14 bits per heavy atom. The highest BCUT2D eigenvalue weighted by atomic mass is 32.2. The SMILES string of the molecule is c1c(-c2nsn[s+]2)cc(-c2nsn[s+]2)cc1-c1nsn[s+]1. The first-order valence-corrected chi connectivity index (χ1v) is 9.92. The molecule has 0 spiro atoms. The van der Waals surface area contributed by atoms with Crippen LogP contribution in [0.15, 0.2) is 18.2 Å². The molecule has 0 atom stereocenters. The minimum atomic E-state index is 0.893. The first kappa shape index (κ1) is 13.6. The van der Waals surface area contributed by atoms with Crippen LogP contribution >= 0.6 is 69.8 Å². The van der Waals surface area contributed by atoms with Gasteiger partial charge in [0.05, 0.1) is 0 Å². The predicted molar refractivity (Wildman–Crippen MR) is 90.0 cm³/mol. The third kappa shape index (κ3) is 2.82. The fourth-order valence-corrected chi connectivity index (χ4v) is 5.24. The van der Waals surface area contributed by atoms with Gasteiger partial charge in [-0.25, -0.2) is 0 Å². The molecule has 0 aliphatic heterocycles. The molecule has 0 saturated heterocycles. The molecular weight excluding hydrogens is 385 g/mol. The summed E-state index contributed by atoms with van der Waals surface area (Å²) in [5.74, 6) is 0. The van der Waals surface area contributed by atoms with Crippen molar-refractivity contribution in [3.8, 4) is 31.7 Å². The maximum atomic E-state index is 4.32. The van der Waals surface area contributed by atoms with Gasteiger partial charge in [0.2, 0.25) is 34.6 Å². The van der Waals surface area contributed by atoms with Crippen LogP contribution in [0.3, 0.4) is 0 Å². The Hall–Kier alpha value is -1.05. The Kier molecular flexibility index (Phi) is 3.87. The zero-order chi connectivity index (χ0) is 14.1. The molecular formula is C9H3N6S6+3. The van der Waals surface area contributed by atoms with Crippen molar-refractivity contribution in [1.29, 1.82) is 0 Å². The smallest absolute Gasteiger partial charge is 0.0372 e. The van der Waals surface area contributed by atoms with Gasteiger partial charge in [0.15, 0.2) is 0 Å². The van der Waals surface area contributed by atoms with Crippen LogP contribution in [0.5, 0.6) is 0 Å². The molecule has 4 aromatic rings. The van der Waals surface area contributed by atoms with Gasteiger partial charge in [-0.2, -0.15) is 0 Å². The van der Waals surface area contributed by atoms with E-state index in [9.17, 15) is 0 Å². The standard InChI is InChI=1S/C9H3N6S6/c1-4(7-10-19-13-16-7)2-6(9-12-21-15-18-9)3-5(1)8-11-20-14-17-8/h1-3H/q+3. The van der Waals surface area contributed by atoms with Crippen LogP contribution in [0.4, 0.5) is 0 Å². The zero-order valence-electron chi connectivity index (χ0n) is 9.86. The lowest BCUT2D eigenvalue weighted by molar-refractivity contribution is 1.51. The number of nitrogens with zero attached hydrogens (tertiary/aromatic N) is 6. The molecule has 0 bridgehead atoms. The Balaban J connectivity index is 1.92. The largest absolute Gasteiger partial charge is 0.331 e. The van der Waals surface area contributed by atoms with E-state index in [4.69, 9.17) is 0 Å². The highest BCUT2D eigenvalue weighted by Gasteiger charge is 2.21. The molecule has 1 aromatic carbocycles. The molecule has 21 heavy (non-hydrogen) atoms. The fraction of sp³-hybridized carbons (Fsp3) is 0. The van der Waals surface area contributed by atoms with Crippen molar-refractivity contribution in [3.63, 3.8) is 0 Å². The van der Waals surface area contributed by atoms with Crippen molar-refractivity contribution in [2.75, 3.05) is 0 Å². The number of hydrogen-bond acceptors (Lipinski definition) is 9. The maximum Gasteiger partial charge on any atom is 0.331 e. The van der Waals surface area contributed by atoms with Crippen molar-refractivity contribution in [1.82, 2.24) is 24.4 Å². The summed E-state index contributed by atoms with van der Waals surface area (Å²) >= 11 is 7.79. The summed E-state index contributed by atoms with van der Waals surface area (Å²) in [6.45, 7) is 0. The van der Waals surface area contributed by atoms with E-state index in [1.54, 1.807) is 0 Å². The van der Waals surface area contributed by atoms with Gasteiger partial charge < -0.3 is 0 Å². The molecule has 102 valence electrons. The van der Waals surface area contributed by atoms with Gasteiger partial charge in [-0.3, -0.25) is 0 Å². The van der Waals surface area contributed by atoms with Crippen molar-refractivity contribution in [2.45, 2.75) is 0 Å². The second kappa shape index (κ2) is 5.98. The van der Waals surface area contributed by atoms with Crippen LogP contribution in [0.25, 0.3) is 31.7 Å². The third-order valence-corrected chi connectivity index (χ3v) is 6.85. The molecule has 0 unspecified atom stereocenters. The van der Waals surface area contributed by atoms with E-state index in [0.29, 0.717) is 0 Å². The van der Waals surface area contributed by atoms with Gasteiger partial charge in [0.1, 0.15) is 11.3 Å². The highest BCUT2D eigenvalue weighted by Crippen LogP contribution is 2.34. The molecule has 6 nitrogen and oxygen atoms in total. The van der Waals surface area contributed by atoms with E-state index < -0.39 is 0 Å². The molecule has 0 aliphatic rings. The van der Waals surface area contributed by atoms with Crippen molar-refractivity contribution < 1.29 is 0 Å². The minimum absolute atomic E-state index is 0.893. The van der Waals surface area contributed by atoms with Crippen LogP contribution in [0.2, 0.25) is 0 Å². The quantitative estimate of drug-likeness (QED) is 0.489. The minimum Gasteiger partial charge on any atom is -0.0372 e. The van der Waals surface area contributed by atoms with Crippen LogP contribution in [-0.2, 0) is 0 Å². The van der Waals surface area contributed by atoms with Gasteiger partial charge in [-0.15, -0.1) is 0 Å². The van der Waals surface area contributed by atoms with E-state index in [0.717, 1.165) is 31.7 Å². The molecule has 3 aromatic heterocycles. The molecule has 0 N–H and O–H groups in total. The molecule has 12 heteroatoms. The normalized spacial score (nSPS) is 10.9. The number of benzene rings is 1. The lowest BCUT2D eigenvalue weighted by atomic mass is 10.1. The molecule has 4 rings (SSSR count). The number of hydrogen-bond donors (Lipinski definition) is 0. The van der Waals surface area contributed by atoms with E-state index >= 15 is 0 Å².